The smallest absolute Gasteiger partial charge is 0.410 e. The van der Waals surface area contributed by atoms with Crippen LogP contribution in [-0.4, -0.2) is 45.5 Å². The first-order chi connectivity index (χ1) is 10.2. The maximum absolute atomic E-state index is 12.1. The first-order valence-corrected chi connectivity index (χ1v) is 7.43. The summed E-state index contributed by atoms with van der Waals surface area (Å²) in [4.78, 5) is 25.6. The minimum Gasteiger partial charge on any atom is -0.461 e. The molecule has 2 heterocycles. The van der Waals surface area contributed by atoms with Gasteiger partial charge in [-0.25, -0.2) is 9.59 Å². The highest BCUT2D eigenvalue weighted by molar-refractivity contribution is 5.87. The van der Waals surface area contributed by atoms with Crippen molar-refractivity contribution in [1.82, 2.24) is 14.7 Å². The van der Waals surface area contributed by atoms with Crippen molar-refractivity contribution >= 4 is 12.1 Å². The Morgan fingerprint density at radius 2 is 2.09 bits per heavy atom. The third kappa shape index (κ3) is 3.40. The van der Waals surface area contributed by atoms with E-state index >= 15 is 0 Å². The van der Waals surface area contributed by atoms with E-state index in [0.29, 0.717) is 24.5 Å². The molecule has 0 radical (unpaired) electrons. The van der Waals surface area contributed by atoms with Crippen molar-refractivity contribution < 1.29 is 19.1 Å². The topological polar surface area (TPSA) is 73.7 Å². The SMILES string of the molecule is CCOC(=O)c1cc(C2CCN2C(=O)OC(C)(C)C)nn1C. The van der Waals surface area contributed by atoms with E-state index in [4.69, 9.17) is 9.47 Å². The fourth-order valence-corrected chi connectivity index (χ4v) is 2.28. The summed E-state index contributed by atoms with van der Waals surface area (Å²) in [5.74, 6) is -0.410. The van der Waals surface area contributed by atoms with E-state index in [1.54, 1.807) is 24.9 Å². The number of aromatic nitrogens is 2. The number of rotatable bonds is 3. The van der Waals surface area contributed by atoms with Crippen LogP contribution in [0.1, 0.15) is 56.3 Å². The summed E-state index contributed by atoms with van der Waals surface area (Å²) >= 11 is 0. The lowest BCUT2D eigenvalue weighted by atomic mass is 10.0. The number of likely N-dealkylation sites (tertiary alicyclic amines) is 1. The van der Waals surface area contributed by atoms with Gasteiger partial charge in [-0.3, -0.25) is 9.58 Å². The number of esters is 1. The summed E-state index contributed by atoms with van der Waals surface area (Å²) in [7, 11) is 1.69. The highest BCUT2D eigenvalue weighted by Gasteiger charge is 2.38. The number of hydrogen-bond acceptors (Lipinski definition) is 5. The minimum atomic E-state index is -0.530. The Balaban J connectivity index is 2.11. The van der Waals surface area contributed by atoms with E-state index in [1.165, 1.54) is 4.68 Å². The normalized spacial score (nSPS) is 17.9. The van der Waals surface area contributed by atoms with Crippen LogP contribution in [0.15, 0.2) is 6.07 Å². The van der Waals surface area contributed by atoms with E-state index < -0.39 is 11.6 Å². The second-order valence-electron chi connectivity index (χ2n) is 6.28. The van der Waals surface area contributed by atoms with Gasteiger partial charge in [0, 0.05) is 13.6 Å². The van der Waals surface area contributed by atoms with Gasteiger partial charge >= 0.3 is 12.1 Å². The van der Waals surface area contributed by atoms with Crippen molar-refractivity contribution in [2.75, 3.05) is 13.2 Å². The molecule has 1 atom stereocenters. The van der Waals surface area contributed by atoms with Gasteiger partial charge in [-0.2, -0.15) is 5.10 Å². The molecule has 1 amide bonds. The molecular weight excluding hydrogens is 286 g/mol. The van der Waals surface area contributed by atoms with Crippen LogP contribution in [0.3, 0.4) is 0 Å². The second-order valence-corrected chi connectivity index (χ2v) is 6.28. The highest BCUT2D eigenvalue weighted by Crippen LogP contribution is 2.34. The summed E-state index contributed by atoms with van der Waals surface area (Å²) in [5, 5.41) is 4.33. The number of hydrogen-bond donors (Lipinski definition) is 0. The van der Waals surface area contributed by atoms with Gasteiger partial charge in [-0.15, -0.1) is 0 Å². The van der Waals surface area contributed by atoms with Crippen LogP contribution in [0, 0.1) is 0 Å². The Morgan fingerprint density at radius 1 is 1.41 bits per heavy atom. The lowest BCUT2D eigenvalue weighted by Crippen LogP contribution is -2.47. The molecule has 1 aliphatic heterocycles. The van der Waals surface area contributed by atoms with Gasteiger partial charge in [0.2, 0.25) is 0 Å². The van der Waals surface area contributed by atoms with Gasteiger partial charge in [-0.1, -0.05) is 0 Å². The molecule has 7 nitrogen and oxygen atoms in total. The Hall–Kier alpha value is -2.05. The Bertz CT molecular complexity index is 574. The third-order valence-electron chi connectivity index (χ3n) is 3.37. The van der Waals surface area contributed by atoms with Crippen molar-refractivity contribution in [1.29, 1.82) is 0 Å². The molecule has 0 aromatic carbocycles. The van der Waals surface area contributed by atoms with E-state index in [9.17, 15) is 9.59 Å². The quantitative estimate of drug-likeness (QED) is 0.801. The second kappa shape index (κ2) is 5.98. The number of carbonyl (C=O) groups is 2. The summed E-state index contributed by atoms with van der Waals surface area (Å²) in [5.41, 5.74) is 0.535. The zero-order valence-electron chi connectivity index (χ0n) is 13.8. The molecule has 1 aliphatic rings. The molecule has 1 fully saturated rings. The van der Waals surface area contributed by atoms with E-state index in [0.717, 1.165) is 6.42 Å². The minimum absolute atomic E-state index is 0.149. The molecule has 0 spiro atoms. The molecule has 0 N–H and O–H groups in total. The standard InChI is InChI=1S/C15H23N3O4/c1-6-21-13(19)12-9-10(16-17(12)5)11-7-8-18(11)14(20)22-15(2,3)4/h9,11H,6-8H2,1-5H3. The van der Waals surface area contributed by atoms with Crippen LogP contribution in [0.2, 0.25) is 0 Å². The lowest BCUT2D eigenvalue weighted by molar-refractivity contribution is -0.00662. The molecule has 7 heteroatoms. The largest absolute Gasteiger partial charge is 0.461 e. The molecule has 1 aromatic rings. The Labute approximate surface area is 130 Å². The molecule has 22 heavy (non-hydrogen) atoms. The average molecular weight is 309 g/mol. The summed E-state index contributed by atoms with van der Waals surface area (Å²) in [6, 6.07) is 1.53. The van der Waals surface area contributed by atoms with Crippen molar-refractivity contribution in [3.05, 3.63) is 17.5 Å². The molecule has 0 aliphatic carbocycles. The fraction of sp³-hybridized carbons (Fsp3) is 0.667. The molecule has 1 aromatic heterocycles. The molecule has 1 unspecified atom stereocenters. The third-order valence-corrected chi connectivity index (χ3v) is 3.37. The van der Waals surface area contributed by atoms with Crippen molar-refractivity contribution in [3.63, 3.8) is 0 Å². The van der Waals surface area contributed by atoms with Gasteiger partial charge in [0.1, 0.15) is 11.3 Å². The van der Waals surface area contributed by atoms with Crippen molar-refractivity contribution in [3.8, 4) is 0 Å². The Morgan fingerprint density at radius 3 is 2.59 bits per heavy atom. The first-order valence-electron chi connectivity index (χ1n) is 7.43. The highest BCUT2D eigenvalue weighted by atomic mass is 16.6. The van der Waals surface area contributed by atoms with E-state index in [2.05, 4.69) is 5.10 Å². The molecule has 2 rings (SSSR count). The van der Waals surface area contributed by atoms with E-state index in [1.807, 2.05) is 20.8 Å². The van der Waals surface area contributed by atoms with Crippen LogP contribution < -0.4 is 0 Å². The summed E-state index contributed by atoms with van der Waals surface area (Å²) in [6.07, 6.45) is 0.450. The van der Waals surface area contributed by atoms with Gasteiger partial charge in [0.25, 0.3) is 0 Å². The molecule has 1 saturated heterocycles. The molecule has 0 bridgehead atoms. The monoisotopic (exact) mass is 309 g/mol. The number of aryl methyl sites for hydroxylation is 1. The van der Waals surface area contributed by atoms with Crippen molar-refractivity contribution in [2.45, 2.75) is 45.8 Å². The summed E-state index contributed by atoms with van der Waals surface area (Å²) < 4.78 is 11.9. The van der Waals surface area contributed by atoms with E-state index in [-0.39, 0.29) is 12.1 Å². The van der Waals surface area contributed by atoms with Crippen LogP contribution in [0.5, 0.6) is 0 Å². The van der Waals surface area contributed by atoms with Crippen LogP contribution in [-0.2, 0) is 16.5 Å². The van der Waals surface area contributed by atoms with Gasteiger partial charge in [0.05, 0.1) is 18.3 Å². The predicted octanol–water partition coefficient (Wildman–Crippen LogP) is 2.28. The number of amides is 1. The maximum Gasteiger partial charge on any atom is 0.410 e. The van der Waals surface area contributed by atoms with Crippen molar-refractivity contribution in [2.24, 2.45) is 7.05 Å². The predicted molar refractivity (Wildman–Crippen MR) is 79.5 cm³/mol. The van der Waals surface area contributed by atoms with Gasteiger partial charge in [0.15, 0.2) is 0 Å². The maximum atomic E-state index is 12.1. The average Bonchev–Trinajstić information content (AvgIpc) is 2.67. The van der Waals surface area contributed by atoms with Gasteiger partial charge in [-0.05, 0) is 40.2 Å². The molecule has 122 valence electrons. The zero-order chi connectivity index (χ0) is 16.5. The van der Waals surface area contributed by atoms with Crippen LogP contribution in [0.4, 0.5) is 4.79 Å². The lowest BCUT2D eigenvalue weighted by Gasteiger charge is -2.40. The van der Waals surface area contributed by atoms with Gasteiger partial charge < -0.3 is 9.47 Å². The molecule has 0 saturated carbocycles. The molecular formula is C15H23N3O4. The van der Waals surface area contributed by atoms with Crippen LogP contribution in [0.25, 0.3) is 0 Å². The summed E-state index contributed by atoms with van der Waals surface area (Å²) in [6.45, 7) is 8.20. The Kier molecular flexibility index (Phi) is 4.44. The number of nitrogens with zero attached hydrogens (tertiary/aromatic N) is 3. The number of carbonyl (C=O) groups excluding carboxylic acids is 2. The zero-order valence-corrected chi connectivity index (χ0v) is 13.8. The first kappa shape index (κ1) is 16.3. The van der Waals surface area contributed by atoms with Crippen LogP contribution >= 0.6 is 0 Å². The number of ether oxygens (including phenoxy) is 2. The fourth-order valence-electron chi connectivity index (χ4n) is 2.28.